The highest BCUT2D eigenvalue weighted by molar-refractivity contribution is 6.31. The van der Waals surface area contributed by atoms with E-state index in [1.165, 1.54) is 230 Å². The fourth-order valence-electron chi connectivity index (χ4n) is 20.3. The maximum Gasteiger partial charge on any atom is 0.0991 e. The molecule has 0 N–H and O–H groups in total. The van der Waals surface area contributed by atoms with Crippen LogP contribution in [-0.4, -0.2) is 0 Å². The Labute approximate surface area is 743 Å². The van der Waals surface area contributed by atoms with Crippen LogP contribution in [0.4, 0.5) is 0 Å². The van der Waals surface area contributed by atoms with Crippen LogP contribution < -0.4 is 0 Å². The Balaban J connectivity index is 0.000000111. The topological polar surface area (TPSA) is 23.8 Å². The summed E-state index contributed by atoms with van der Waals surface area (Å²) in [5.74, 6) is 0. The van der Waals surface area contributed by atoms with E-state index in [2.05, 4.69) is 473 Å². The zero-order valence-electron chi connectivity index (χ0n) is 70.2. The largest absolute Gasteiger partial charge is 0.192 e. The molecule has 0 aromatic heterocycles. The number of fused-ring (bicyclic) bond motifs is 8. The first-order chi connectivity index (χ1) is 63.5. The lowest BCUT2D eigenvalue weighted by Crippen LogP contribution is -1.94. The first kappa shape index (κ1) is 76.0. The molecule has 0 heterocycles. The van der Waals surface area contributed by atoms with Crippen LogP contribution in [0, 0.1) is 11.3 Å². The van der Waals surface area contributed by atoms with Gasteiger partial charge in [0, 0.05) is 0 Å². The third-order valence-electron chi connectivity index (χ3n) is 26.1. The van der Waals surface area contributed by atoms with Crippen LogP contribution in [0.2, 0.25) is 0 Å². The molecule has 0 radical (unpaired) electrons. The Bertz CT molecular complexity index is 8410. The Morgan fingerprint density at radius 3 is 0.945 bits per heavy atom. The van der Waals surface area contributed by atoms with E-state index in [0.29, 0.717) is 5.56 Å². The molecular weight excluding hydrogens is 1540 g/mol. The Kier molecular flexibility index (Phi) is 19.4. The number of hydrogen-bond acceptors (Lipinski definition) is 1. The van der Waals surface area contributed by atoms with Crippen LogP contribution in [0.25, 0.3) is 241 Å². The molecule has 594 valence electrons. The number of nitrogens with zero attached hydrogens (tertiary/aromatic N) is 1. The van der Waals surface area contributed by atoms with Crippen molar-refractivity contribution in [2.24, 2.45) is 0 Å². The second kappa shape index (κ2) is 32.7. The summed E-state index contributed by atoms with van der Waals surface area (Å²) in [4.78, 5) is 0. The van der Waals surface area contributed by atoms with Gasteiger partial charge in [-0.15, -0.1) is 0 Å². The summed E-state index contributed by atoms with van der Waals surface area (Å²) in [6.45, 7) is 0. The molecule has 0 unspecified atom stereocenters. The van der Waals surface area contributed by atoms with E-state index in [-0.39, 0.29) is 0 Å². The zero-order valence-corrected chi connectivity index (χ0v) is 70.2. The molecule has 128 heavy (non-hydrogen) atoms. The summed E-state index contributed by atoms with van der Waals surface area (Å²) in [5, 5.41) is 37.2. The van der Waals surface area contributed by atoms with Crippen molar-refractivity contribution >= 4 is 118 Å². The highest BCUT2D eigenvalue weighted by atomic mass is 14.3. The summed E-state index contributed by atoms with van der Waals surface area (Å²) in [7, 11) is 0. The van der Waals surface area contributed by atoms with Crippen LogP contribution in [0.15, 0.2) is 491 Å². The van der Waals surface area contributed by atoms with Crippen molar-refractivity contribution in [1.82, 2.24) is 0 Å². The molecule has 0 aliphatic carbocycles. The number of nitriles is 1. The second-order valence-electron chi connectivity index (χ2n) is 33.4. The van der Waals surface area contributed by atoms with Gasteiger partial charge in [0.15, 0.2) is 0 Å². The van der Waals surface area contributed by atoms with Gasteiger partial charge in [-0.1, -0.05) is 443 Å². The van der Waals surface area contributed by atoms with Crippen LogP contribution in [-0.2, 0) is 0 Å². The third kappa shape index (κ3) is 13.6. The van der Waals surface area contributed by atoms with Gasteiger partial charge in [0.25, 0.3) is 0 Å². The molecule has 25 aromatic rings. The summed E-state index contributed by atoms with van der Waals surface area (Å²) in [5.41, 5.74) is 27.8. The van der Waals surface area contributed by atoms with Gasteiger partial charge in [-0.25, -0.2) is 0 Å². The molecule has 25 aromatic carbocycles. The smallest absolute Gasteiger partial charge is 0.0991 e. The van der Waals surface area contributed by atoms with Gasteiger partial charge in [-0.2, -0.15) is 5.26 Å². The molecule has 0 amide bonds. The fraction of sp³-hybridized carbons (Fsp3) is 0. The Morgan fingerprint density at radius 2 is 0.438 bits per heavy atom. The molecule has 25 rings (SSSR count). The normalized spacial score (nSPS) is 11.4. The SMILES string of the molecule is N#Cc1ccc(-c2ccc(-c3c4ccccc4c(-c4cccc5ccccc45)c4ccccc34)cc2)cc1.c1ccc(-c2cc(-c3ccccc3)cc(-c3c4ccccc4c(-c4cc5cccc6ccc7cccc4c7c65)c4ccccc34)c2)cc1.c1ccc(-c2ccc(-c3c4ccccc4c(-c4ccc5ccccc5c4)c4ccccc34)c(-c3ccccc3)c2)cc1. The van der Waals surface area contributed by atoms with Gasteiger partial charge in [0.1, 0.15) is 0 Å². The Morgan fingerprint density at radius 1 is 0.125 bits per heavy atom. The third-order valence-corrected chi connectivity index (χ3v) is 26.1. The van der Waals surface area contributed by atoms with Gasteiger partial charge in [0.05, 0.1) is 11.6 Å². The quantitative estimate of drug-likeness (QED) is 0.0935. The number of hydrogen-bond donors (Lipinski definition) is 0. The summed E-state index contributed by atoms with van der Waals surface area (Å²) in [6.07, 6.45) is 0. The first-order valence-electron chi connectivity index (χ1n) is 44.1. The minimum atomic E-state index is 0.676. The van der Waals surface area contributed by atoms with Crippen LogP contribution in [0.1, 0.15) is 5.56 Å². The minimum Gasteiger partial charge on any atom is -0.192 e. The van der Waals surface area contributed by atoms with Crippen molar-refractivity contribution in [3.8, 4) is 128 Å². The van der Waals surface area contributed by atoms with E-state index in [0.717, 1.165) is 11.1 Å². The molecule has 1 heteroatoms. The van der Waals surface area contributed by atoms with Crippen molar-refractivity contribution in [1.29, 1.82) is 5.26 Å². The van der Waals surface area contributed by atoms with Gasteiger partial charge in [-0.05, 0) is 289 Å². The zero-order chi connectivity index (χ0) is 85.0. The van der Waals surface area contributed by atoms with E-state index in [1.54, 1.807) is 0 Å². The molecule has 0 aliphatic rings. The minimum absolute atomic E-state index is 0.676. The standard InChI is InChI=1S/C48H30.C42H28.C37H23N/c1-3-13-31(14-4-1)36-27-37(32-15-5-2-6-16-32)29-38(28-36)46-39-20-7-9-22-41(39)48(42-23-10-8-21-40(42)46)44-30-35-19-11-17-33-25-26-34-18-12-24-43(44)47(34)45(33)35;1-3-13-29(14-4-1)33-25-26-39(40(28-33)31-16-5-2-6-17-31)42-37-21-11-9-19-35(37)41(36-20-10-12-22-38(36)42)34-24-23-30-15-7-8-18-32(30)27-34;38-24-25-16-18-26(19-17-25)27-20-22-29(23-21-27)36-32-11-3-5-13-34(32)37(35-14-6-4-12-33(35)36)31-15-7-9-28-8-1-2-10-30(28)31/h1-30H;1-28H;1-23H. The molecule has 0 spiro atoms. The molecule has 0 saturated heterocycles. The molecule has 0 aliphatic heterocycles. The van der Waals surface area contributed by atoms with Crippen LogP contribution in [0.5, 0.6) is 0 Å². The first-order valence-corrected chi connectivity index (χ1v) is 44.1. The number of rotatable bonds is 11. The van der Waals surface area contributed by atoms with Gasteiger partial charge >= 0.3 is 0 Å². The lowest BCUT2D eigenvalue weighted by molar-refractivity contribution is 1.48. The van der Waals surface area contributed by atoms with E-state index in [9.17, 15) is 0 Å². The van der Waals surface area contributed by atoms with E-state index in [4.69, 9.17) is 5.26 Å². The summed E-state index contributed by atoms with van der Waals surface area (Å²) in [6, 6.07) is 180. The fourth-order valence-corrected chi connectivity index (χ4v) is 20.3. The second-order valence-corrected chi connectivity index (χ2v) is 33.4. The van der Waals surface area contributed by atoms with E-state index >= 15 is 0 Å². The van der Waals surface area contributed by atoms with Gasteiger partial charge < -0.3 is 0 Å². The van der Waals surface area contributed by atoms with Gasteiger partial charge in [0.2, 0.25) is 0 Å². The van der Waals surface area contributed by atoms with E-state index in [1.807, 2.05) is 24.3 Å². The highest BCUT2D eigenvalue weighted by Gasteiger charge is 2.25. The molecule has 0 atom stereocenters. The van der Waals surface area contributed by atoms with Crippen molar-refractivity contribution < 1.29 is 0 Å². The monoisotopic (exact) mass is 1620 g/mol. The number of benzene rings is 25. The highest BCUT2D eigenvalue weighted by Crippen LogP contribution is 2.53. The molecule has 0 bridgehead atoms. The average Bonchev–Trinajstić information content (AvgIpc) is 0.823. The molecular formula is C127H81N. The van der Waals surface area contributed by atoms with E-state index < -0.39 is 0 Å². The Hall–Kier alpha value is -16.9. The van der Waals surface area contributed by atoms with Crippen LogP contribution in [0.3, 0.4) is 0 Å². The van der Waals surface area contributed by atoms with Crippen molar-refractivity contribution in [3.05, 3.63) is 497 Å². The maximum absolute atomic E-state index is 9.13. The predicted molar refractivity (Wildman–Crippen MR) is 548 cm³/mol. The molecule has 1 nitrogen and oxygen atoms in total. The van der Waals surface area contributed by atoms with Crippen LogP contribution >= 0.6 is 0 Å². The van der Waals surface area contributed by atoms with Crippen molar-refractivity contribution in [2.45, 2.75) is 0 Å². The van der Waals surface area contributed by atoms with Crippen molar-refractivity contribution in [2.75, 3.05) is 0 Å². The summed E-state index contributed by atoms with van der Waals surface area (Å²) < 4.78 is 0. The summed E-state index contributed by atoms with van der Waals surface area (Å²) >= 11 is 0. The predicted octanol–water partition coefficient (Wildman–Crippen LogP) is 35.4. The van der Waals surface area contributed by atoms with Crippen molar-refractivity contribution in [3.63, 3.8) is 0 Å². The lowest BCUT2D eigenvalue weighted by atomic mass is 9.82. The lowest BCUT2D eigenvalue weighted by Gasteiger charge is -2.21. The van der Waals surface area contributed by atoms with Gasteiger partial charge in [-0.3, -0.25) is 0 Å². The molecule has 0 saturated carbocycles. The maximum atomic E-state index is 9.13. The molecule has 0 fully saturated rings. The average molecular weight is 1620 g/mol.